The van der Waals surface area contributed by atoms with Gasteiger partial charge in [0.05, 0.1) is 0 Å². The molecule has 1 aromatic carbocycles. The van der Waals surface area contributed by atoms with E-state index in [0.717, 1.165) is 5.69 Å². The van der Waals surface area contributed by atoms with Gasteiger partial charge in [-0.05, 0) is 24.3 Å². The Kier molecular flexibility index (Phi) is 4.25. The third-order valence-corrected chi connectivity index (χ3v) is 4.68. The molecule has 2 aromatic heterocycles. The standard InChI is InChI=1S/C17H14ClN7O2/c18-11-1-3-12(4-2-11)25-10-20-14-15(21-13(9-19)22-16(14)25)23-5-7-24(8-6-23)17(26)27/h1-4,10H,5-8H2,(H,26,27). The van der Waals surface area contributed by atoms with E-state index in [4.69, 9.17) is 16.7 Å². The third-order valence-electron chi connectivity index (χ3n) is 4.43. The number of fused-ring (bicyclic) bond motifs is 1. The molecule has 3 heterocycles. The van der Waals surface area contributed by atoms with Crippen molar-refractivity contribution in [3.8, 4) is 11.8 Å². The van der Waals surface area contributed by atoms with Crippen LogP contribution in [-0.2, 0) is 0 Å². The zero-order valence-corrected chi connectivity index (χ0v) is 14.8. The highest BCUT2D eigenvalue weighted by Crippen LogP contribution is 2.26. The van der Waals surface area contributed by atoms with Gasteiger partial charge in [0.2, 0.25) is 5.82 Å². The summed E-state index contributed by atoms with van der Waals surface area (Å²) in [6.07, 6.45) is 0.688. The zero-order chi connectivity index (χ0) is 19.0. The van der Waals surface area contributed by atoms with Crippen LogP contribution in [0.3, 0.4) is 0 Å². The highest BCUT2D eigenvalue weighted by molar-refractivity contribution is 6.30. The van der Waals surface area contributed by atoms with E-state index in [9.17, 15) is 10.1 Å². The molecule has 0 bridgehead atoms. The van der Waals surface area contributed by atoms with Crippen LogP contribution >= 0.6 is 11.6 Å². The molecule has 10 heteroatoms. The Labute approximate surface area is 159 Å². The second-order valence-electron chi connectivity index (χ2n) is 6.00. The molecule has 0 saturated carbocycles. The molecule has 3 aromatic rings. The van der Waals surface area contributed by atoms with Crippen LogP contribution in [0.4, 0.5) is 10.6 Å². The number of piperazine rings is 1. The molecule has 9 nitrogen and oxygen atoms in total. The summed E-state index contributed by atoms with van der Waals surface area (Å²) in [7, 11) is 0. The summed E-state index contributed by atoms with van der Waals surface area (Å²) >= 11 is 5.95. The number of halogens is 1. The van der Waals surface area contributed by atoms with Gasteiger partial charge in [-0.2, -0.15) is 15.2 Å². The number of rotatable bonds is 2. The van der Waals surface area contributed by atoms with Gasteiger partial charge < -0.3 is 14.9 Å². The summed E-state index contributed by atoms with van der Waals surface area (Å²) in [5.41, 5.74) is 1.89. The van der Waals surface area contributed by atoms with Gasteiger partial charge in [0, 0.05) is 36.9 Å². The molecule has 4 rings (SSSR count). The average Bonchev–Trinajstić information content (AvgIpc) is 3.12. The quantitative estimate of drug-likeness (QED) is 0.721. The molecule has 1 saturated heterocycles. The molecular formula is C17H14ClN7O2. The Hall–Kier alpha value is -3.38. The summed E-state index contributed by atoms with van der Waals surface area (Å²) < 4.78 is 1.77. The molecule has 0 unspecified atom stereocenters. The largest absolute Gasteiger partial charge is 0.465 e. The van der Waals surface area contributed by atoms with E-state index in [2.05, 4.69) is 15.0 Å². The molecule has 1 amide bonds. The molecule has 1 aliphatic rings. The fourth-order valence-corrected chi connectivity index (χ4v) is 3.18. The predicted molar refractivity (Wildman–Crippen MR) is 98.2 cm³/mol. The maximum absolute atomic E-state index is 11.1. The average molecular weight is 384 g/mol. The summed E-state index contributed by atoms with van der Waals surface area (Å²) in [5.74, 6) is 0.572. The van der Waals surface area contributed by atoms with Crippen molar-refractivity contribution in [1.29, 1.82) is 5.26 Å². The molecule has 1 N–H and O–H groups in total. The number of nitrogens with zero attached hydrogens (tertiary/aromatic N) is 7. The summed E-state index contributed by atoms with van der Waals surface area (Å²) in [6, 6.07) is 9.19. The number of anilines is 1. The van der Waals surface area contributed by atoms with E-state index in [1.807, 2.05) is 23.1 Å². The Morgan fingerprint density at radius 1 is 1.15 bits per heavy atom. The van der Waals surface area contributed by atoms with E-state index in [1.54, 1.807) is 23.0 Å². The molecule has 0 radical (unpaired) electrons. The minimum absolute atomic E-state index is 0.0360. The summed E-state index contributed by atoms with van der Waals surface area (Å²) in [6.45, 7) is 1.66. The van der Waals surface area contributed by atoms with E-state index in [1.165, 1.54) is 4.90 Å². The lowest BCUT2D eigenvalue weighted by atomic mass is 10.3. The van der Waals surface area contributed by atoms with Crippen LogP contribution in [0.1, 0.15) is 5.82 Å². The molecule has 0 aliphatic carbocycles. The van der Waals surface area contributed by atoms with Gasteiger partial charge in [-0.25, -0.2) is 9.78 Å². The molecule has 1 fully saturated rings. The van der Waals surface area contributed by atoms with Crippen LogP contribution in [0, 0.1) is 11.3 Å². The van der Waals surface area contributed by atoms with Crippen molar-refractivity contribution in [1.82, 2.24) is 24.4 Å². The Morgan fingerprint density at radius 2 is 1.85 bits per heavy atom. The Balaban J connectivity index is 1.77. The van der Waals surface area contributed by atoms with Gasteiger partial charge in [-0.15, -0.1) is 0 Å². The summed E-state index contributed by atoms with van der Waals surface area (Å²) in [5, 5.41) is 19.1. The van der Waals surface area contributed by atoms with Gasteiger partial charge >= 0.3 is 6.09 Å². The molecule has 136 valence electrons. The van der Waals surface area contributed by atoms with Crippen molar-refractivity contribution >= 4 is 34.7 Å². The lowest BCUT2D eigenvalue weighted by Crippen LogP contribution is -2.48. The zero-order valence-electron chi connectivity index (χ0n) is 14.1. The first-order chi connectivity index (χ1) is 13.1. The first-order valence-corrected chi connectivity index (χ1v) is 8.58. The highest BCUT2D eigenvalue weighted by Gasteiger charge is 2.25. The number of carbonyl (C=O) groups is 1. The fourth-order valence-electron chi connectivity index (χ4n) is 3.06. The predicted octanol–water partition coefficient (Wildman–Crippen LogP) is 2.14. The fraction of sp³-hybridized carbons (Fsp3) is 0.235. The van der Waals surface area contributed by atoms with Crippen LogP contribution in [0.15, 0.2) is 30.6 Å². The van der Waals surface area contributed by atoms with Crippen LogP contribution < -0.4 is 4.90 Å². The SMILES string of the molecule is N#Cc1nc(N2CCN(C(=O)O)CC2)c2ncn(-c3ccc(Cl)cc3)c2n1. The van der Waals surface area contributed by atoms with Gasteiger partial charge in [0.15, 0.2) is 17.0 Å². The first-order valence-electron chi connectivity index (χ1n) is 8.21. The van der Waals surface area contributed by atoms with E-state index in [-0.39, 0.29) is 5.82 Å². The van der Waals surface area contributed by atoms with Crippen molar-refractivity contribution in [3.05, 3.63) is 41.4 Å². The lowest BCUT2D eigenvalue weighted by molar-refractivity contribution is 0.142. The highest BCUT2D eigenvalue weighted by atomic mass is 35.5. The normalized spacial score (nSPS) is 14.4. The van der Waals surface area contributed by atoms with E-state index >= 15 is 0 Å². The van der Waals surface area contributed by atoms with Gasteiger partial charge in [0.25, 0.3) is 0 Å². The maximum Gasteiger partial charge on any atom is 0.407 e. The second-order valence-corrected chi connectivity index (χ2v) is 6.44. The van der Waals surface area contributed by atoms with Gasteiger partial charge in [0.1, 0.15) is 12.4 Å². The number of aromatic nitrogens is 4. The van der Waals surface area contributed by atoms with Gasteiger partial charge in [-0.1, -0.05) is 11.6 Å². The Morgan fingerprint density at radius 3 is 2.48 bits per heavy atom. The first kappa shape index (κ1) is 17.1. The number of hydrogen-bond acceptors (Lipinski definition) is 6. The molecular weight excluding hydrogens is 370 g/mol. The van der Waals surface area contributed by atoms with E-state index in [0.29, 0.717) is 48.2 Å². The monoisotopic (exact) mass is 383 g/mol. The van der Waals surface area contributed by atoms with Crippen molar-refractivity contribution in [3.63, 3.8) is 0 Å². The maximum atomic E-state index is 11.1. The molecule has 27 heavy (non-hydrogen) atoms. The van der Waals surface area contributed by atoms with Crippen LogP contribution in [0.2, 0.25) is 5.02 Å². The molecule has 1 aliphatic heterocycles. The number of nitriles is 1. The Bertz CT molecular complexity index is 1050. The van der Waals surface area contributed by atoms with Crippen molar-refractivity contribution in [2.24, 2.45) is 0 Å². The van der Waals surface area contributed by atoms with Gasteiger partial charge in [-0.3, -0.25) is 4.57 Å². The van der Waals surface area contributed by atoms with Crippen molar-refractivity contribution in [2.45, 2.75) is 0 Å². The number of amides is 1. The number of benzene rings is 1. The van der Waals surface area contributed by atoms with E-state index < -0.39 is 6.09 Å². The summed E-state index contributed by atoms with van der Waals surface area (Å²) in [4.78, 5) is 27.5. The lowest BCUT2D eigenvalue weighted by Gasteiger charge is -2.33. The number of imidazole rings is 1. The smallest absolute Gasteiger partial charge is 0.407 e. The van der Waals surface area contributed by atoms with Crippen molar-refractivity contribution < 1.29 is 9.90 Å². The number of hydrogen-bond donors (Lipinski definition) is 1. The second kappa shape index (κ2) is 6.74. The third kappa shape index (κ3) is 3.11. The molecule has 0 atom stereocenters. The van der Waals surface area contributed by atoms with Crippen LogP contribution in [0.25, 0.3) is 16.9 Å². The minimum Gasteiger partial charge on any atom is -0.465 e. The molecule has 0 spiro atoms. The number of carboxylic acid groups (broad SMARTS) is 1. The minimum atomic E-state index is -0.938. The van der Waals surface area contributed by atoms with Crippen molar-refractivity contribution in [2.75, 3.05) is 31.1 Å². The van der Waals surface area contributed by atoms with Crippen LogP contribution in [0.5, 0.6) is 0 Å². The topological polar surface area (TPSA) is 111 Å². The van der Waals surface area contributed by atoms with Crippen LogP contribution in [-0.4, -0.2) is 61.8 Å².